The molecule has 1 aromatic heterocycles. The minimum atomic E-state index is -1.08. The fraction of sp³-hybridized carbons (Fsp3) is 0.571. The highest BCUT2D eigenvalue weighted by Crippen LogP contribution is 1.96. The average Bonchev–Trinajstić information content (AvgIpc) is 2.29. The fourth-order valence-corrected chi connectivity index (χ4v) is 1.58. The van der Waals surface area contributed by atoms with Crippen LogP contribution in [0.4, 0.5) is 0 Å². The minimum absolute atomic E-state index is 0.972. The number of aliphatic carboxylic acids is 1. The summed E-state index contributed by atoms with van der Waals surface area (Å²) in [6, 6.07) is 6.45. The quantitative estimate of drug-likeness (QED) is 0.575. The van der Waals surface area contributed by atoms with Gasteiger partial charge in [0.25, 0.3) is 0 Å². The number of hydrogen-bond acceptors (Lipinski definition) is 2. The van der Waals surface area contributed by atoms with Gasteiger partial charge >= 0.3 is 0 Å². The molecule has 1 heterocycles. The molecule has 0 amide bonds. The van der Waals surface area contributed by atoms with Crippen LogP contribution in [0.2, 0.25) is 0 Å². The van der Waals surface area contributed by atoms with Gasteiger partial charge in [-0.15, -0.1) is 0 Å². The van der Waals surface area contributed by atoms with Gasteiger partial charge in [0, 0.05) is 30.9 Å². The van der Waals surface area contributed by atoms with Gasteiger partial charge < -0.3 is 9.90 Å². The van der Waals surface area contributed by atoms with Gasteiger partial charge in [0.1, 0.15) is 6.54 Å². The molecule has 0 N–H and O–H groups in total. The van der Waals surface area contributed by atoms with E-state index in [9.17, 15) is 0 Å². The molecule has 1 rings (SSSR count). The molecular formula is C14H23NO2. The van der Waals surface area contributed by atoms with Gasteiger partial charge in [0.2, 0.25) is 0 Å². The summed E-state index contributed by atoms with van der Waals surface area (Å²) in [4.78, 5) is 8.89. The summed E-state index contributed by atoms with van der Waals surface area (Å²) in [5.41, 5.74) is 1.44. The molecule has 0 fully saturated rings. The van der Waals surface area contributed by atoms with E-state index in [2.05, 4.69) is 42.8 Å². The number of carbonyl (C=O) groups is 1. The smallest absolute Gasteiger partial charge is 0.181 e. The number of nitrogens with zero attached hydrogens (tertiary/aromatic N) is 1. The summed E-state index contributed by atoms with van der Waals surface area (Å²) in [5.74, 6) is -1.08. The third kappa shape index (κ3) is 8.43. The van der Waals surface area contributed by atoms with Crippen LogP contribution in [-0.2, 0) is 17.8 Å². The molecule has 0 saturated carbocycles. The highest BCUT2D eigenvalue weighted by atomic mass is 16.4. The third-order valence-corrected chi connectivity index (χ3v) is 2.40. The van der Waals surface area contributed by atoms with Crippen LogP contribution >= 0.6 is 0 Å². The van der Waals surface area contributed by atoms with E-state index in [0.717, 1.165) is 13.3 Å². The first kappa shape index (κ1) is 15.6. The largest absolute Gasteiger partial charge is 0.550 e. The molecular weight excluding hydrogens is 214 g/mol. The van der Waals surface area contributed by atoms with Crippen LogP contribution in [0.3, 0.4) is 0 Å². The van der Waals surface area contributed by atoms with Gasteiger partial charge in [0.15, 0.2) is 11.9 Å². The zero-order chi connectivity index (χ0) is 13.1. The first-order valence-corrected chi connectivity index (χ1v) is 6.26. The van der Waals surface area contributed by atoms with Gasteiger partial charge in [-0.25, -0.2) is 4.57 Å². The van der Waals surface area contributed by atoms with E-state index in [1.54, 1.807) is 0 Å². The summed E-state index contributed by atoms with van der Waals surface area (Å²) < 4.78 is 2.37. The Kier molecular flexibility index (Phi) is 9.02. The highest BCUT2D eigenvalue weighted by Gasteiger charge is 2.05. The summed E-state index contributed by atoms with van der Waals surface area (Å²) >= 11 is 0. The Morgan fingerprint density at radius 3 is 2.47 bits per heavy atom. The van der Waals surface area contributed by atoms with Crippen molar-refractivity contribution in [3.8, 4) is 0 Å². The second kappa shape index (κ2) is 9.82. The van der Waals surface area contributed by atoms with Crippen LogP contribution in [0.25, 0.3) is 0 Å². The van der Waals surface area contributed by atoms with Crippen molar-refractivity contribution in [1.82, 2.24) is 0 Å². The molecule has 0 spiro atoms. The van der Waals surface area contributed by atoms with E-state index < -0.39 is 5.97 Å². The number of carboxylic acids is 1. The van der Waals surface area contributed by atoms with Crippen molar-refractivity contribution in [3.63, 3.8) is 0 Å². The molecule has 0 unspecified atom stereocenters. The molecule has 3 heteroatoms. The van der Waals surface area contributed by atoms with Crippen LogP contribution < -0.4 is 9.67 Å². The molecule has 0 aliphatic rings. The first-order valence-electron chi connectivity index (χ1n) is 6.26. The van der Waals surface area contributed by atoms with Crippen molar-refractivity contribution in [3.05, 3.63) is 30.1 Å². The lowest BCUT2D eigenvalue weighted by Crippen LogP contribution is -2.37. The van der Waals surface area contributed by atoms with Crippen molar-refractivity contribution >= 4 is 5.97 Å². The molecule has 0 bridgehead atoms. The molecule has 0 radical (unpaired) electrons. The average molecular weight is 237 g/mol. The standard InChI is InChI=1S/C12H20N.C2H4O2/c1-3-5-7-10-13-11-8-6-9-12(13)4-2;1-2(3)4/h6,8-9,11H,3-5,7,10H2,1-2H3;1H3,(H,3,4)/q+1;/p-1. The van der Waals surface area contributed by atoms with E-state index >= 15 is 0 Å². The topological polar surface area (TPSA) is 44.0 Å². The molecule has 1 aromatic rings. The minimum Gasteiger partial charge on any atom is -0.550 e. The molecule has 0 aliphatic heterocycles. The highest BCUT2D eigenvalue weighted by molar-refractivity contribution is 5.60. The van der Waals surface area contributed by atoms with Crippen molar-refractivity contribution in [1.29, 1.82) is 0 Å². The van der Waals surface area contributed by atoms with E-state index in [4.69, 9.17) is 9.90 Å². The van der Waals surface area contributed by atoms with Crippen molar-refractivity contribution in [2.75, 3.05) is 0 Å². The lowest BCUT2D eigenvalue weighted by atomic mass is 10.2. The Balaban J connectivity index is 0.000000557. The molecule has 0 atom stereocenters. The number of carbonyl (C=O) groups excluding carboxylic acids is 1. The lowest BCUT2D eigenvalue weighted by Gasteiger charge is -2.00. The predicted octanol–water partition coefficient (Wildman–Crippen LogP) is 1.48. The predicted molar refractivity (Wildman–Crippen MR) is 66.2 cm³/mol. The number of aromatic nitrogens is 1. The number of aryl methyl sites for hydroxylation is 2. The second-order valence-corrected chi connectivity index (χ2v) is 3.94. The third-order valence-electron chi connectivity index (χ3n) is 2.40. The normalized spacial score (nSPS) is 9.35. The monoisotopic (exact) mass is 237 g/mol. The summed E-state index contributed by atoms with van der Waals surface area (Å²) in [5, 5.41) is 8.89. The van der Waals surface area contributed by atoms with E-state index in [1.165, 1.54) is 31.5 Å². The maximum absolute atomic E-state index is 8.89. The summed E-state index contributed by atoms with van der Waals surface area (Å²) in [6.07, 6.45) is 7.26. The van der Waals surface area contributed by atoms with Crippen molar-refractivity contribution < 1.29 is 14.5 Å². The van der Waals surface area contributed by atoms with Gasteiger partial charge in [0.05, 0.1) is 0 Å². The first-order chi connectivity index (χ1) is 8.11. The Labute approximate surface area is 104 Å². The lowest BCUT2D eigenvalue weighted by molar-refractivity contribution is -0.704. The van der Waals surface area contributed by atoms with Crippen LogP contribution in [-0.4, -0.2) is 5.97 Å². The van der Waals surface area contributed by atoms with Gasteiger partial charge in [-0.2, -0.15) is 0 Å². The van der Waals surface area contributed by atoms with Gasteiger partial charge in [-0.05, 0) is 13.3 Å². The van der Waals surface area contributed by atoms with E-state index in [-0.39, 0.29) is 0 Å². The Hall–Kier alpha value is -1.38. The fourth-order valence-electron chi connectivity index (χ4n) is 1.58. The second-order valence-electron chi connectivity index (χ2n) is 3.94. The van der Waals surface area contributed by atoms with E-state index in [1.807, 2.05) is 0 Å². The zero-order valence-corrected chi connectivity index (χ0v) is 11.1. The van der Waals surface area contributed by atoms with Gasteiger partial charge in [-0.1, -0.05) is 26.3 Å². The number of carboxylic acid groups (broad SMARTS) is 1. The zero-order valence-electron chi connectivity index (χ0n) is 11.1. The van der Waals surface area contributed by atoms with Gasteiger partial charge in [-0.3, -0.25) is 0 Å². The van der Waals surface area contributed by atoms with Crippen LogP contribution in [0, 0.1) is 0 Å². The van der Waals surface area contributed by atoms with E-state index in [0.29, 0.717) is 0 Å². The van der Waals surface area contributed by atoms with Crippen LogP contribution in [0.15, 0.2) is 24.4 Å². The number of unbranched alkanes of at least 4 members (excludes halogenated alkanes) is 2. The molecule has 0 aromatic carbocycles. The van der Waals surface area contributed by atoms with Crippen molar-refractivity contribution in [2.24, 2.45) is 0 Å². The number of pyridine rings is 1. The number of rotatable bonds is 5. The molecule has 3 nitrogen and oxygen atoms in total. The van der Waals surface area contributed by atoms with Crippen LogP contribution in [0.1, 0.15) is 45.7 Å². The maximum Gasteiger partial charge on any atom is 0.181 e. The Bertz CT molecular complexity index is 320. The Morgan fingerprint density at radius 1 is 1.29 bits per heavy atom. The number of hydrogen-bond donors (Lipinski definition) is 0. The molecule has 0 saturated heterocycles. The molecule has 96 valence electrons. The van der Waals surface area contributed by atoms with Crippen molar-refractivity contribution in [2.45, 2.75) is 53.0 Å². The summed E-state index contributed by atoms with van der Waals surface area (Å²) in [6.45, 7) is 6.61. The molecule has 0 aliphatic carbocycles. The van der Waals surface area contributed by atoms with Crippen LogP contribution in [0.5, 0.6) is 0 Å². The molecule has 17 heavy (non-hydrogen) atoms. The Morgan fingerprint density at radius 2 is 1.94 bits per heavy atom. The summed E-state index contributed by atoms with van der Waals surface area (Å²) in [7, 11) is 0. The SMILES string of the molecule is CC(=O)[O-].CCCCC[n+]1ccccc1CC. The maximum atomic E-state index is 8.89.